The third-order valence-corrected chi connectivity index (χ3v) is 6.27. The molecule has 1 unspecified atom stereocenters. The summed E-state index contributed by atoms with van der Waals surface area (Å²) in [6.07, 6.45) is 5.88. The van der Waals surface area contributed by atoms with Crippen molar-refractivity contribution in [2.45, 2.75) is 31.7 Å². The van der Waals surface area contributed by atoms with E-state index in [4.69, 9.17) is 0 Å². The van der Waals surface area contributed by atoms with E-state index in [0.717, 1.165) is 12.0 Å². The number of carbonyl (C=O) groups is 2. The molecule has 0 bridgehead atoms. The number of benzene rings is 2. The van der Waals surface area contributed by atoms with Gasteiger partial charge in [-0.25, -0.2) is 9.37 Å². The highest BCUT2D eigenvalue weighted by Gasteiger charge is 2.30. The summed E-state index contributed by atoms with van der Waals surface area (Å²) in [5.41, 5.74) is 1.80. The molecule has 7 heteroatoms. The predicted molar refractivity (Wildman–Crippen MR) is 124 cm³/mol. The number of piperidine rings is 1. The first-order valence-corrected chi connectivity index (χ1v) is 11.4. The summed E-state index contributed by atoms with van der Waals surface area (Å²) >= 11 is 0. The normalized spacial score (nSPS) is 15.3. The average Bonchev–Trinajstić information content (AvgIpc) is 3.27. The van der Waals surface area contributed by atoms with Crippen molar-refractivity contribution in [1.82, 2.24) is 19.8 Å². The number of halogens is 1. The van der Waals surface area contributed by atoms with Crippen molar-refractivity contribution in [3.05, 3.63) is 89.8 Å². The Balaban J connectivity index is 1.35. The summed E-state index contributed by atoms with van der Waals surface area (Å²) in [5, 5.41) is 3.07. The summed E-state index contributed by atoms with van der Waals surface area (Å²) in [6, 6.07) is 15.7. The number of carbonyl (C=O) groups excluding carboxylic acids is 2. The van der Waals surface area contributed by atoms with Crippen LogP contribution in [-0.4, -0.2) is 39.4 Å². The third-order valence-electron chi connectivity index (χ3n) is 6.27. The van der Waals surface area contributed by atoms with Crippen molar-refractivity contribution in [2.24, 2.45) is 13.0 Å². The number of aromatic nitrogens is 2. The number of nitrogens with one attached hydrogen (secondary N) is 1. The van der Waals surface area contributed by atoms with Crippen molar-refractivity contribution >= 4 is 11.8 Å². The molecule has 4 rings (SSSR count). The lowest BCUT2D eigenvalue weighted by Crippen LogP contribution is -2.44. The van der Waals surface area contributed by atoms with Crippen molar-refractivity contribution in [3.8, 4) is 0 Å². The summed E-state index contributed by atoms with van der Waals surface area (Å²) in [5.74, 6) is 0.122. The summed E-state index contributed by atoms with van der Waals surface area (Å²) in [4.78, 5) is 32.0. The van der Waals surface area contributed by atoms with Gasteiger partial charge in [-0.1, -0.05) is 42.5 Å². The molecule has 3 aromatic rings. The van der Waals surface area contributed by atoms with E-state index in [1.54, 1.807) is 24.5 Å². The molecular formula is C26H29FN4O2. The van der Waals surface area contributed by atoms with Gasteiger partial charge >= 0.3 is 0 Å². The van der Waals surface area contributed by atoms with Gasteiger partial charge in [0.2, 0.25) is 11.8 Å². The minimum atomic E-state index is -0.543. The van der Waals surface area contributed by atoms with Gasteiger partial charge in [0.1, 0.15) is 17.7 Å². The molecular weight excluding hydrogens is 419 g/mol. The highest BCUT2D eigenvalue weighted by atomic mass is 19.1. The topological polar surface area (TPSA) is 67.2 Å². The minimum Gasteiger partial charge on any atom is -0.343 e. The number of hydrogen-bond acceptors (Lipinski definition) is 3. The average molecular weight is 449 g/mol. The van der Waals surface area contributed by atoms with Gasteiger partial charge in [0.05, 0.1) is 0 Å². The third kappa shape index (κ3) is 5.66. The smallest absolute Gasteiger partial charge is 0.224 e. The first kappa shape index (κ1) is 22.7. The quantitative estimate of drug-likeness (QED) is 0.600. The van der Waals surface area contributed by atoms with Gasteiger partial charge in [0, 0.05) is 44.9 Å². The SMILES string of the molecule is Cn1ccnc1C(NC(=O)C1CCN(C(=O)CCc2ccccc2)CC1)c1cccc(F)c1. The molecule has 1 fully saturated rings. The van der Waals surface area contributed by atoms with Crippen LogP contribution in [0.4, 0.5) is 4.39 Å². The Morgan fingerprint density at radius 2 is 1.88 bits per heavy atom. The summed E-state index contributed by atoms with van der Waals surface area (Å²) < 4.78 is 15.7. The van der Waals surface area contributed by atoms with E-state index in [2.05, 4.69) is 10.3 Å². The van der Waals surface area contributed by atoms with E-state index < -0.39 is 6.04 Å². The molecule has 1 aliphatic rings. The zero-order valence-corrected chi connectivity index (χ0v) is 18.8. The van der Waals surface area contributed by atoms with Crippen LogP contribution in [0.3, 0.4) is 0 Å². The van der Waals surface area contributed by atoms with Crippen LogP contribution in [0, 0.1) is 11.7 Å². The fourth-order valence-electron chi connectivity index (χ4n) is 4.34. The lowest BCUT2D eigenvalue weighted by molar-refractivity contribution is -0.135. The molecule has 1 aromatic heterocycles. The molecule has 172 valence electrons. The second-order valence-corrected chi connectivity index (χ2v) is 8.53. The Bertz CT molecular complexity index is 1090. The zero-order valence-electron chi connectivity index (χ0n) is 18.8. The highest BCUT2D eigenvalue weighted by Crippen LogP contribution is 2.24. The van der Waals surface area contributed by atoms with Crippen molar-refractivity contribution in [1.29, 1.82) is 0 Å². The molecule has 1 aliphatic heterocycles. The maximum Gasteiger partial charge on any atom is 0.224 e. The maximum absolute atomic E-state index is 13.9. The van der Waals surface area contributed by atoms with Crippen LogP contribution in [-0.2, 0) is 23.1 Å². The molecule has 0 aliphatic carbocycles. The largest absolute Gasteiger partial charge is 0.343 e. The van der Waals surface area contributed by atoms with Crippen LogP contribution in [0.1, 0.15) is 42.3 Å². The maximum atomic E-state index is 13.9. The minimum absolute atomic E-state index is 0.0938. The van der Waals surface area contributed by atoms with Gasteiger partial charge in [-0.15, -0.1) is 0 Å². The van der Waals surface area contributed by atoms with E-state index in [1.165, 1.54) is 12.1 Å². The lowest BCUT2D eigenvalue weighted by Gasteiger charge is -2.32. The van der Waals surface area contributed by atoms with E-state index in [1.807, 2.05) is 46.8 Å². The van der Waals surface area contributed by atoms with Crippen LogP contribution < -0.4 is 5.32 Å². The van der Waals surface area contributed by atoms with E-state index in [-0.39, 0.29) is 23.5 Å². The molecule has 2 amide bonds. The number of aryl methyl sites for hydroxylation is 2. The molecule has 0 saturated carbocycles. The Hall–Kier alpha value is -3.48. The molecule has 6 nitrogen and oxygen atoms in total. The zero-order chi connectivity index (χ0) is 23.2. The molecule has 1 N–H and O–H groups in total. The van der Waals surface area contributed by atoms with Crippen LogP contribution in [0.25, 0.3) is 0 Å². The Morgan fingerprint density at radius 3 is 2.55 bits per heavy atom. The molecule has 0 spiro atoms. The van der Waals surface area contributed by atoms with E-state index >= 15 is 0 Å². The second kappa shape index (κ2) is 10.4. The molecule has 1 saturated heterocycles. The molecule has 1 atom stereocenters. The number of likely N-dealkylation sites (tertiary alicyclic amines) is 1. The second-order valence-electron chi connectivity index (χ2n) is 8.53. The van der Waals surface area contributed by atoms with Crippen molar-refractivity contribution in [2.75, 3.05) is 13.1 Å². The first-order valence-electron chi connectivity index (χ1n) is 11.4. The number of hydrogen-bond donors (Lipinski definition) is 1. The molecule has 2 heterocycles. The highest BCUT2D eigenvalue weighted by molar-refractivity contribution is 5.80. The van der Waals surface area contributed by atoms with Crippen LogP contribution in [0.15, 0.2) is 67.0 Å². The monoisotopic (exact) mass is 448 g/mol. The fourth-order valence-corrected chi connectivity index (χ4v) is 4.34. The van der Waals surface area contributed by atoms with Crippen molar-refractivity contribution < 1.29 is 14.0 Å². The Labute approximate surface area is 193 Å². The standard InChI is InChI=1S/C26H29FN4O2/c1-30-17-14-28-25(30)24(21-8-5-9-22(27)18-21)29-26(33)20-12-15-31(16-13-20)23(32)11-10-19-6-3-2-4-7-19/h2-9,14,17-18,20,24H,10-13,15-16H2,1H3,(H,29,33). The fraction of sp³-hybridized carbons (Fsp3) is 0.346. The van der Waals surface area contributed by atoms with Crippen LogP contribution in [0.5, 0.6) is 0 Å². The van der Waals surface area contributed by atoms with Gasteiger partial charge in [-0.3, -0.25) is 9.59 Å². The number of amides is 2. The van der Waals surface area contributed by atoms with Gasteiger partial charge < -0.3 is 14.8 Å². The van der Waals surface area contributed by atoms with Crippen LogP contribution >= 0.6 is 0 Å². The van der Waals surface area contributed by atoms with Crippen molar-refractivity contribution in [3.63, 3.8) is 0 Å². The van der Waals surface area contributed by atoms with E-state index in [0.29, 0.717) is 43.7 Å². The number of nitrogens with zero attached hydrogens (tertiary/aromatic N) is 3. The van der Waals surface area contributed by atoms with Crippen LogP contribution in [0.2, 0.25) is 0 Å². The first-order chi connectivity index (χ1) is 16.0. The van der Waals surface area contributed by atoms with Gasteiger partial charge in [0.15, 0.2) is 0 Å². The van der Waals surface area contributed by atoms with Gasteiger partial charge in [-0.2, -0.15) is 0 Å². The molecule has 2 aromatic carbocycles. The van der Waals surface area contributed by atoms with Gasteiger partial charge in [0.25, 0.3) is 0 Å². The lowest BCUT2D eigenvalue weighted by atomic mass is 9.94. The summed E-state index contributed by atoms with van der Waals surface area (Å²) in [7, 11) is 1.85. The summed E-state index contributed by atoms with van der Waals surface area (Å²) in [6.45, 7) is 1.14. The Morgan fingerprint density at radius 1 is 1.12 bits per heavy atom. The molecule has 33 heavy (non-hydrogen) atoms. The number of imidazole rings is 1. The Kier molecular flexibility index (Phi) is 7.17. The van der Waals surface area contributed by atoms with E-state index in [9.17, 15) is 14.0 Å². The molecule has 0 radical (unpaired) electrons. The number of rotatable bonds is 7. The van der Waals surface area contributed by atoms with Gasteiger partial charge in [-0.05, 0) is 42.5 Å². The predicted octanol–water partition coefficient (Wildman–Crippen LogP) is 3.64.